The molecule has 0 radical (unpaired) electrons. The summed E-state index contributed by atoms with van der Waals surface area (Å²) in [6, 6.07) is 7.91. The van der Waals surface area contributed by atoms with Gasteiger partial charge in [0, 0.05) is 31.0 Å². The van der Waals surface area contributed by atoms with Crippen LogP contribution in [-0.4, -0.2) is 41.6 Å². The minimum Gasteiger partial charge on any atom is -0.355 e. The van der Waals surface area contributed by atoms with Crippen LogP contribution in [0, 0.1) is 0 Å². The zero-order valence-corrected chi connectivity index (χ0v) is 14.9. The molecule has 2 heterocycles. The first-order valence-corrected chi connectivity index (χ1v) is 10.1. The standard InChI is InChI=1S/C19H26N2O2S/c22-18-17(9-2-3-10-20-18)24-14-15-7-6-8-16(13-15)19(23)21-11-4-1-5-12-21/h6-8,13,17H,1-5,9-12,14H2,(H,20,22)/t17-/m0/s1. The van der Waals surface area contributed by atoms with E-state index in [0.717, 1.165) is 68.6 Å². The van der Waals surface area contributed by atoms with E-state index < -0.39 is 0 Å². The highest BCUT2D eigenvalue weighted by Crippen LogP contribution is 2.24. The van der Waals surface area contributed by atoms with E-state index in [-0.39, 0.29) is 17.1 Å². The van der Waals surface area contributed by atoms with Crippen molar-refractivity contribution in [1.29, 1.82) is 0 Å². The number of likely N-dealkylation sites (tertiary alicyclic amines) is 1. The van der Waals surface area contributed by atoms with E-state index in [1.807, 2.05) is 23.1 Å². The van der Waals surface area contributed by atoms with Crippen molar-refractivity contribution in [2.24, 2.45) is 0 Å². The Balaban J connectivity index is 1.60. The Hall–Kier alpha value is -1.49. The third-order valence-corrected chi connectivity index (χ3v) is 6.11. The molecule has 3 rings (SSSR count). The maximum atomic E-state index is 12.6. The molecule has 2 fully saturated rings. The zero-order chi connectivity index (χ0) is 16.8. The number of piperidine rings is 1. The lowest BCUT2D eigenvalue weighted by Crippen LogP contribution is -2.35. The second-order valence-electron chi connectivity index (χ2n) is 6.64. The number of hydrogen-bond donors (Lipinski definition) is 1. The summed E-state index contributed by atoms with van der Waals surface area (Å²) in [5, 5.41) is 3.02. The van der Waals surface area contributed by atoms with Crippen LogP contribution in [0.5, 0.6) is 0 Å². The van der Waals surface area contributed by atoms with Crippen molar-refractivity contribution in [3.8, 4) is 0 Å². The molecule has 0 aromatic heterocycles. The Kier molecular flexibility index (Phi) is 6.18. The molecule has 0 aliphatic carbocycles. The fourth-order valence-corrected chi connectivity index (χ4v) is 4.48. The summed E-state index contributed by atoms with van der Waals surface area (Å²) in [6.45, 7) is 2.55. The van der Waals surface area contributed by atoms with E-state index in [1.54, 1.807) is 11.8 Å². The summed E-state index contributed by atoms with van der Waals surface area (Å²) in [5.41, 5.74) is 1.90. The molecule has 130 valence electrons. The zero-order valence-electron chi connectivity index (χ0n) is 14.1. The van der Waals surface area contributed by atoms with Gasteiger partial charge in [-0.25, -0.2) is 0 Å². The van der Waals surface area contributed by atoms with Crippen LogP contribution >= 0.6 is 11.8 Å². The molecule has 5 heteroatoms. The smallest absolute Gasteiger partial charge is 0.253 e. The SMILES string of the molecule is O=C1NCCCC[C@@H]1SCc1cccc(C(=O)N2CCCCC2)c1. The Morgan fingerprint density at radius 2 is 2.00 bits per heavy atom. The molecule has 0 spiro atoms. The maximum Gasteiger partial charge on any atom is 0.253 e. The molecule has 0 saturated carbocycles. The molecule has 24 heavy (non-hydrogen) atoms. The van der Waals surface area contributed by atoms with Crippen LogP contribution in [0.2, 0.25) is 0 Å². The summed E-state index contributed by atoms with van der Waals surface area (Å²) in [7, 11) is 0. The van der Waals surface area contributed by atoms with Gasteiger partial charge >= 0.3 is 0 Å². The molecule has 4 nitrogen and oxygen atoms in total. The van der Waals surface area contributed by atoms with Crippen LogP contribution in [0.25, 0.3) is 0 Å². The van der Waals surface area contributed by atoms with Gasteiger partial charge in [0.25, 0.3) is 5.91 Å². The molecule has 2 aliphatic rings. The van der Waals surface area contributed by atoms with E-state index in [4.69, 9.17) is 0 Å². The monoisotopic (exact) mass is 346 g/mol. The van der Waals surface area contributed by atoms with Gasteiger partial charge in [-0.15, -0.1) is 11.8 Å². The predicted octanol–water partition coefficient (Wildman–Crippen LogP) is 3.21. The van der Waals surface area contributed by atoms with Crippen LogP contribution in [0.1, 0.15) is 54.4 Å². The van der Waals surface area contributed by atoms with E-state index >= 15 is 0 Å². The van der Waals surface area contributed by atoms with Crippen molar-refractivity contribution in [3.63, 3.8) is 0 Å². The summed E-state index contributed by atoms with van der Waals surface area (Å²) in [5.74, 6) is 1.09. The van der Waals surface area contributed by atoms with Crippen LogP contribution in [-0.2, 0) is 10.5 Å². The predicted molar refractivity (Wildman–Crippen MR) is 98.1 cm³/mol. The molecule has 1 aromatic carbocycles. The third kappa shape index (κ3) is 4.53. The quantitative estimate of drug-likeness (QED) is 0.911. The number of thioether (sulfide) groups is 1. The molecule has 0 unspecified atom stereocenters. The first kappa shape index (κ1) is 17.3. The van der Waals surface area contributed by atoms with E-state index in [0.29, 0.717) is 0 Å². The van der Waals surface area contributed by atoms with Gasteiger partial charge in [0.05, 0.1) is 5.25 Å². The topological polar surface area (TPSA) is 49.4 Å². The number of amides is 2. The molecule has 1 atom stereocenters. The average molecular weight is 346 g/mol. The number of nitrogens with zero attached hydrogens (tertiary/aromatic N) is 1. The van der Waals surface area contributed by atoms with Gasteiger partial charge in [-0.05, 0) is 49.8 Å². The summed E-state index contributed by atoms with van der Waals surface area (Å²) >= 11 is 1.69. The second-order valence-corrected chi connectivity index (χ2v) is 7.83. The summed E-state index contributed by atoms with van der Waals surface area (Å²) < 4.78 is 0. The first-order valence-electron chi connectivity index (χ1n) is 9.01. The van der Waals surface area contributed by atoms with Gasteiger partial charge in [0.1, 0.15) is 0 Å². The number of hydrogen-bond acceptors (Lipinski definition) is 3. The molecular weight excluding hydrogens is 320 g/mol. The molecule has 2 saturated heterocycles. The lowest BCUT2D eigenvalue weighted by molar-refractivity contribution is -0.120. The summed E-state index contributed by atoms with van der Waals surface area (Å²) in [4.78, 5) is 26.6. The average Bonchev–Trinajstić information content (AvgIpc) is 2.84. The van der Waals surface area contributed by atoms with Crippen molar-refractivity contribution in [2.45, 2.75) is 49.5 Å². The molecule has 2 amide bonds. The molecule has 1 N–H and O–H groups in total. The minimum atomic E-state index is 0.0361. The van der Waals surface area contributed by atoms with Gasteiger partial charge in [-0.1, -0.05) is 18.6 Å². The molecule has 1 aromatic rings. The molecular formula is C19H26N2O2S. The van der Waals surface area contributed by atoms with Gasteiger partial charge in [0.15, 0.2) is 0 Å². The Morgan fingerprint density at radius 1 is 1.17 bits per heavy atom. The van der Waals surface area contributed by atoms with Crippen molar-refractivity contribution < 1.29 is 9.59 Å². The summed E-state index contributed by atoms with van der Waals surface area (Å²) in [6.07, 6.45) is 6.56. The van der Waals surface area contributed by atoms with Crippen molar-refractivity contribution in [1.82, 2.24) is 10.2 Å². The van der Waals surface area contributed by atoms with Gasteiger partial charge in [-0.3, -0.25) is 9.59 Å². The van der Waals surface area contributed by atoms with E-state index in [2.05, 4.69) is 11.4 Å². The van der Waals surface area contributed by atoms with Gasteiger partial charge < -0.3 is 10.2 Å². The van der Waals surface area contributed by atoms with Gasteiger partial charge in [-0.2, -0.15) is 0 Å². The van der Waals surface area contributed by atoms with Crippen molar-refractivity contribution >= 4 is 23.6 Å². The highest BCUT2D eigenvalue weighted by Gasteiger charge is 2.21. The highest BCUT2D eigenvalue weighted by atomic mass is 32.2. The van der Waals surface area contributed by atoms with Crippen molar-refractivity contribution in [2.75, 3.05) is 19.6 Å². The van der Waals surface area contributed by atoms with Crippen molar-refractivity contribution in [3.05, 3.63) is 35.4 Å². The lowest BCUT2D eigenvalue weighted by Gasteiger charge is -2.26. The minimum absolute atomic E-state index is 0.0361. The van der Waals surface area contributed by atoms with E-state index in [9.17, 15) is 9.59 Å². The maximum absolute atomic E-state index is 12.6. The number of benzene rings is 1. The number of carbonyl (C=O) groups excluding carboxylic acids is 2. The van der Waals surface area contributed by atoms with Crippen LogP contribution in [0.3, 0.4) is 0 Å². The highest BCUT2D eigenvalue weighted by molar-refractivity contribution is 7.99. The lowest BCUT2D eigenvalue weighted by atomic mass is 10.1. The Bertz CT molecular complexity index is 584. The largest absolute Gasteiger partial charge is 0.355 e. The fraction of sp³-hybridized carbons (Fsp3) is 0.579. The first-order chi connectivity index (χ1) is 11.7. The number of carbonyl (C=O) groups is 2. The second kappa shape index (κ2) is 8.56. The normalized spacial score (nSPS) is 21.9. The molecule has 2 aliphatic heterocycles. The van der Waals surface area contributed by atoms with Crippen LogP contribution < -0.4 is 5.32 Å². The third-order valence-electron chi connectivity index (χ3n) is 4.75. The fourth-order valence-electron chi connectivity index (χ4n) is 3.34. The van der Waals surface area contributed by atoms with E-state index in [1.165, 1.54) is 6.42 Å². The Labute approximate surface area is 148 Å². The molecule has 0 bridgehead atoms. The Morgan fingerprint density at radius 3 is 2.83 bits per heavy atom. The number of rotatable bonds is 4. The van der Waals surface area contributed by atoms with Crippen LogP contribution in [0.4, 0.5) is 0 Å². The van der Waals surface area contributed by atoms with Gasteiger partial charge in [0.2, 0.25) is 5.91 Å². The number of nitrogens with one attached hydrogen (secondary N) is 1. The van der Waals surface area contributed by atoms with Crippen LogP contribution in [0.15, 0.2) is 24.3 Å².